The molecule has 9 heteroatoms. The molecule has 3 heterocycles. The molecule has 1 saturated heterocycles. The lowest BCUT2D eigenvalue weighted by molar-refractivity contribution is -0.138. The molecule has 0 bridgehead atoms. The fraction of sp³-hybridized carbons (Fsp3) is 0.565. The monoisotopic (exact) mass is 459 g/mol. The number of rotatable bonds is 9. The van der Waals surface area contributed by atoms with Gasteiger partial charge in [-0.25, -0.2) is 4.98 Å². The lowest BCUT2D eigenvalue weighted by Gasteiger charge is -2.34. The van der Waals surface area contributed by atoms with Gasteiger partial charge >= 0.3 is 0 Å². The number of likely N-dealkylation sites (tertiary alicyclic amines) is 1. The van der Waals surface area contributed by atoms with E-state index >= 15 is 0 Å². The highest BCUT2D eigenvalue weighted by Gasteiger charge is 2.31. The SMILES string of the molecule is CCC(C(=O)N1CCCC(C(=O)NCCNC(=O)C(C)c2ccc(C)s2)C1)n1ccnc1. The zero-order valence-electron chi connectivity index (χ0n) is 19.0. The molecule has 8 nitrogen and oxygen atoms in total. The first-order chi connectivity index (χ1) is 15.4. The lowest BCUT2D eigenvalue weighted by Crippen LogP contribution is -2.48. The molecular weight excluding hydrogens is 426 g/mol. The first kappa shape index (κ1) is 24.0. The Labute approximate surface area is 193 Å². The van der Waals surface area contributed by atoms with E-state index in [1.165, 1.54) is 4.88 Å². The van der Waals surface area contributed by atoms with Gasteiger partial charge in [-0.1, -0.05) is 6.92 Å². The zero-order chi connectivity index (χ0) is 23.1. The third kappa shape index (κ3) is 5.97. The van der Waals surface area contributed by atoms with Crippen LogP contribution in [0.2, 0.25) is 0 Å². The van der Waals surface area contributed by atoms with E-state index in [2.05, 4.69) is 15.6 Å². The van der Waals surface area contributed by atoms with E-state index in [-0.39, 0.29) is 35.6 Å². The van der Waals surface area contributed by atoms with Crippen molar-refractivity contribution in [1.29, 1.82) is 0 Å². The van der Waals surface area contributed by atoms with Crippen LogP contribution in [0, 0.1) is 12.8 Å². The first-order valence-corrected chi connectivity index (χ1v) is 12.1. The van der Waals surface area contributed by atoms with E-state index in [4.69, 9.17) is 0 Å². The number of hydrogen-bond acceptors (Lipinski definition) is 5. The number of amides is 3. The summed E-state index contributed by atoms with van der Waals surface area (Å²) in [5, 5.41) is 5.81. The third-order valence-corrected chi connectivity index (χ3v) is 7.15. The van der Waals surface area contributed by atoms with Gasteiger partial charge in [0.2, 0.25) is 17.7 Å². The summed E-state index contributed by atoms with van der Waals surface area (Å²) in [7, 11) is 0. The highest BCUT2D eigenvalue weighted by Crippen LogP contribution is 2.24. The summed E-state index contributed by atoms with van der Waals surface area (Å²) in [5.41, 5.74) is 0. The number of aromatic nitrogens is 2. The van der Waals surface area contributed by atoms with Crippen LogP contribution >= 0.6 is 11.3 Å². The predicted molar refractivity (Wildman–Crippen MR) is 124 cm³/mol. The van der Waals surface area contributed by atoms with Gasteiger partial charge in [0.05, 0.1) is 18.2 Å². The molecule has 1 fully saturated rings. The van der Waals surface area contributed by atoms with Crippen LogP contribution in [0.15, 0.2) is 30.9 Å². The Hall–Kier alpha value is -2.68. The van der Waals surface area contributed by atoms with E-state index in [9.17, 15) is 14.4 Å². The van der Waals surface area contributed by atoms with Crippen LogP contribution in [0.4, 0.5) is 0 Å². The maximum atomic E-state index is 13.0. The minimum atomic E-state index is -0.288. The fourth-order valence-electron chi connectivity index (χ4n) is 4.05. The molecular formula is C23H33N5O3S. The van der Waals surface area contributed by atoms with E-state index in [0.717, 1.165) is 17.7 Å². The summed E-state index contributed by atoms with van der Waals surface area (Å²) in [6.07, 6.45) is 7.37. The molecule has 3 unspecified atom stereocenters. The van der Waals surface area contributed by atoms with Gasteiger partial charge in [0, 0.05) is 48.3 Å². The number of carbonyl (C=O) groups excluding carboxylic acids is 3. The highest BCUT2D eigenvalue weighted by atomic mass is 32.1. The Bertz CT molecular complexity index is 911. The molecule has 1 aliphatic rings. The van der Waals surface area contributed by atoms with Gasteiger partial charge in [0.15, 0.2) is 0 Å². The van der Waals surface area contributed by atoms with Crippen LogP contribution in [0.5, 0.6) is 0 Å². The zero-order valence-corrected chi connectivity index (χ0v) is 19.9. The van der Waals surface area contributed by atoms with Crippen LogP contribution in [-0.4, -0.2) is 58.4 Å². The number of nitrogens with zero attached hydrogens (tertiary/aromatic N) is 3. The van der Waals surface area contributed by atoms with E-state index in [0.29, 0.717) is 32.6 Å². The van der Waals surface area contributed by atoms with Gasteiger partial charge in [-0.05, 0) is 45.2 Å². The fourth-order valence-corrected chi connectivity index (χ4v) is 4.98. The number of carbonyl (C=O) groups is 3. The number of imidazole rings is 1. The van der Waals surface area contributed by atoms with Crippen LogP contribution in [0.25, 0.3) is 0 Å². The van der Waals surface area contributed by atoms with Crippen molar-refractivity contribution in [2.75, 3.05) is 26.2 Å². The molecule has 0 aliphatic carbocycles. The first-order valence-electron chi connectivity index (χ1n) is 11.3. The van der Waals surface area contributed by atoms with E-state index < -0.39 is 0 Å². The van der Waals surface area contributed by atoms with Gasteiger partial charge in [-0.15, -0.1) is 11.3 Å². The predicted octanol–water partition coefficient (Wildman–Crippen LogP) is 2.48. The van der Waals surface area contributed by atoms with Crippen molar-refractivity contribution in [2.45, 2.75) is 52.0 Å². The number of nitrogens with one attached hydrogen (secondary N) is 2. The van der Waals surface area contributed by atoms with Crippen LogP contribution in [0.3, 0.4) is 0 Å². The molecule has 32 heavy (non-hydrogen) atoms. The maximum absolute atomic E-state index is 13.0. The molecule has 3 rings (SSSR count). The molecule has 2 aromatic rings. The number of thiophene rings is 1. The van der Waals surface area contributed by atoms with E-state index in [1.807, 2.05) is 37.5 Å². The Morgan fingerprint density at radius 2 is 2.03 bits per heavy atom. The third-order valence-electron chi connectivity index (χ3n) is 5.97. The summed E-state index contributed by atoms with van der Waals surface area (Å²) in [6.45, 7) is 7.74. The number of aryl methyl sites for hydroxylation is 1. The Balaban J connectivity index is 1.43. The Morgan fingerprint density at radius 3 is 2.69 bits per heavy atom. The summed E-state index contributed by atoms with van der Waals surface area (Å²) >= 11 is 1.62. The van der Waals surface area contributed by atoms with Crippen molar-refractivity contribution in [2.24, 2.45) is 5.92 Å². The average molecular weight is 460 g/mol. The van der Waals surface area contributed by atoms with E-state index in [1.54, 1.807) is 35.0 Å². The molecule has 2 N–H and O–H groups in total. The smallest absolute Gasteiger partial charge is 0.245 e. The Kier molecular flexibility index (Phi) is 8.44. The topological polar surface area (TPSA) is 96.3 Å². The molecule has 3 amide bonds. The second kappa shape index (κ2) is 11.3. The standard InChI is InChI=1S/C23H33N5O3S/c1-4-19(28-13-11-24-15-28)23(31)27-12-5-6-18(14-27)22(30)26-10-9-25-21(29)17(3)20-8-7-16(2)32-20/h7-8,11,13,15,17-19H,4-6,9-10,12,14H2,1-3H3,(H,25,29)(H,26,30). The van der Waals surface area contributed by atoms with Crippen LogP contribution < -0.4 is 10.6 Å². The number of piperidine rings is 1. The van der Waals surface area contributed by atoms with Crippen molar-refractivity contribution in [3.63, 3.8) is 0 Å². The van der Waals surface area contributed by atoms with Gasteiger partial charge in [0.25, 0.3) is 0 Å². The normalized spacial score (nSPS) is 18.1. The largest absolute Gasteiger partial charge is 0.354 e. The molecule has 174 valence electrons. The van der Waals surface area contributed by atoms with Crippen molar-refractivity contribution < 1.29 is 14.4 Å². The molecule has 0 aromatic carbocycles. The minimum Gasteiger partial charge on any atom is -0.354 e. The van der Waals surface area contributed by atoms with Gasteiger partial charge in [0.1, 0.15) is 6.04 Å². The summed E-state index contributed by atoms with van der Waals surface area (Å²) in [6, 6.07) is 3.71. The summed E-state index contributed by atoms with van der Waals surface area (Å²) in [4.78, 5) is 46.1. The molecule has 1 aliphatic heterocycles. The highest BCUT2D eigenvalue weighted by molar-refractivity contribution is 7.12. The maximum Gasteiger partial charge on any atom is 0.245 e. The van der Waals surface area contributed by atoms with Gasteiger partial charge in [-0.2, -0.15) is 0 Å². The van der Waals surface area contributed by atoms with Crippen LogP contribution in [0.1, 0.15) is 54.8 Å². The molecule has 0 spiro atoms. The molecule has 0 saturated carbocycles. The van der Waals surface area contributed by atoms with Gasteiger partial charge in [-0.3, -0.25) is 14.4 Å². The minimum absolute atomic E-state index is 0.0352. The Morgan fingerprint density at radius 1 is 1.25 bits per heavy atom. The van der Waals surface area contributed by atoms with Crippen molar-refractivity contribution >= 4 is 29.1 Å². The summed E-state index contributed by atoms with van der Waals surface area (Å²) in [5.74, 6) is -0.496. The quantitative estimate of drug-likeness (QED) is 0.563. The average Bonchev–Trinajstić information content (AvgIpc) is 3.48. The lowest BCUT2D eigenvalue weighted by atomic mass is 9.96. The van der Waals surface area contributed by atoms with Gasteiger partial charge < -0.3 is 20.1 Å². The molecule has 0 radical (unpaired) electrons. The van der Waals surface area contributed by atoms with Crippen molar-refractivity contribution in [3.05, 3.63) is 40.6 Å². The molecule has 2 aromatic heterocycles. The summed E-state index contributed by atoms with van der Waals surface area (Å²) < 4.78 is 1.83. The molecule has 3 atom stereocenters. The van der Waals surface area contributed by atoms with Crippen molar-refractivity contribution in [3.8, 4) is 0 Å². The second-order valence-electron chi connectivity index (χ2n) is 8.31. The van der Waals surface area contributed by atoms with Crippen molar-refractivity contribution in [1.82, 2.24) is 25.1 Å². The second-order valence-corrected chi connectivity index (χ2v) is 9.63. The van der Waals surface area contributed by atoms with Crippen LogP contribution in [-0.2, 0) is 14.4 Å². The number of hydrogen-bond donors (Lipinski definition) is 2.